The van der Waals surface area contributed by atoms with Crippen LogP contribution in [0.15, 0.2) is 46.5 Å². The molecule has 9 heteroatoms. The maximum atomic E-state index is 13.3. The van der Waals surface area contributed by atoms with Gasteiger partial charge in [-0.15, -0.1) is 0 Å². The molecule has 0 saturated heterocycles. The van der Waals surface area contributed by atoms with E-state index in [1.165, 1.54) is 17.4 Å². The molecule has 3 nitrogen and oxygen atoms in total. The van der Waals surface area contributed by atoms with Gasteiger partial charge in [-0.25, -0.2) is 9.37 Å². The van der Waals surface area contributed by atoms with Crippen LogP contribution in [0.5, 0.6) is 0 Å². The number of anilines is 2. The summed E-state index contributed by atoms with van der Waals surface area (Å²) in [7, 11) is 0. The van der Waals surface area contributed by atoms with E-state index >= 15 is 0 Å². The number of alkyl halides is 3. The molecule has 0 aliphatic heterocycles. The first-order valence-electron chi connectivity index (χ1n) is 6.55. The van der Waals surface area contributed by atoms with Crippen molar-refractivity contribution in [3.8, 4) is 11.3 Å². The van der Waals surface area contributed by atoms with E-state index < -0.39 is 17.6 Å². The number of hydrogen-bond donors (Lipinski definition) is 1. The third kappa shape index (κ3) is 3.57. The average Bonchev–Trinajstić information content (AvgIpc) is 2.89. The van der Waals surface area contributed by atoms with Crippen molar-refractivity contribution < 1.29 is 17.6 Å². The molecule has 0 radical (unpaired) electrons. The SMILES string of the molecule is Fc1ccc(Nc2nc(-c3cccnc3)c(Br)s2)cc1C(F)(F)F. The quantitative estimate of drug-likeness (QED) is 0.541. The van der Waals surface area contributed by atoms with Crippen molar-refractivity contribution in [3.05, 3.63) is 57.9 Å². The number of rotatable bonds is 3. The van der Waals surface area contributed by atoms with Crippen molar-refractivity contribution in [3.63, 3.8) is 0 Å². The molecule has 0 spiro atoms. The molecule has 3 rings (SSSR count). The Kier molecular flexibility index (Phi) is 4.55. The van der Waals surface area contributed by atoms with Gasteiger partial charge in [-0.1, -0.05) is 11.3 Å². The Morgan fingerprint density at radius 3 is 2.62 bits per heavy atom. The zero-order valence-electron chi connectivity index (χ0n) is 11.7. The Hall–Kier alpha value is -2.00. The van der Waals surface area contributed by atoms with Crippen LogP contribution >= 0.6 is 27.3 Å². The van der Waals surface area contributed by atoms with Gasteiger partial charge in [-0.2, -0.15) is 13.2 Å². The van der Waals surface area contributed by atoms with Gasteiger partial charge in [0.1, 0.15) is 5.82 Å². The zero-order chi connectivity index (χ0) is 17.3. The predicted octanol–water partition coefficient (Wildman–Crippen LogP) is 5.87. The van der Waals surface area contributed by atoms with Gasteiger partial charge in [0, 0.05) is 23.6 Å². The van der Waals surface area contributed by atoms with E-state index in [2.05, 4.69) is 31.2 Å². The molecule has 0 fully saturated rings. The molecule has 0 unspecified atom stereocenters. The summed E-state index contributed by atoms with van der Waals surface area (Å²) in [5.74, 6) is -1.32. The van der Waals surface area contributed by atoms with Crippen LogP contribution in [0.25, 0.3) is 11.3 Å². The molecule has 0 bridgehead atoms. The summed E-state index contributed by atoms with van der Waals surface area (Å²) in [4.78, 5) is 8.34. The predicted molar refractivity (Wildman–Crippen MR) is 87.7 cm³/mol. The number of hydrogen-bond acceptors (Lipinski definition) is 4. The molecule has 0 amide bonds. The van der Waals surface area contributed by atoms with Gasteiger partial charge in [0.25, 0.3) is 0 Å². The molecule has 2 aromatic heterocycles. The van der Waals surface area contributed by atoms with Gasteiger partial charge in [0.15, 0.2) is 5.13 Å². The third-order valence-electron chi connectivity index (χ3n) is 3.04. The Bertz CT molecular complexity index is 865. The second-order valence-electron chi connectivity index (χ2n) is 4.70. The van der Waals surface area contributed by atoms with Gasteiger partial charge in [-0.05, 0) is 46.3 Å². The Morgan fingerprint density at radius 2 is 1.96 bits per heavy atom. The molecular formula is C15H8BrF4N3S. The molecule has 0 aliphatic carbocycles. The van der Waals surface area contributed by atoms with Crippen molar-refractivity contribution in [2.75, 3.05) is 5.32 Å². The van der Waals surface area contributed by atoms with Gasteiger partial charge < -0.3 is 5.32 Å². The summed E-state index contributed by atoms with van der Waals surface area (Å²) in [6.45, 7) is 0. The molecule has 0 atom stereocenters. The Morgan fingerprint density at radius 1 is 1.17 bits per heavy atom. The summed E-state index contributed by atoms with van der Waals surface area (Å²) in [6, 6.07) is 6.29. The van der Waals surface area contributed by atoms with E-state index in [9.17, 15) is 17.6 Å². The largest absolute Gasteiger partial charge is 0.419 e. The summed E-state index contributed by atoms with van der Waals surface area (Å²) >= 11 is 4.59. The van der Waals surface area contributed by atoms with E-state index in [0.717, 1.165) is 11.6 Å². The lowest BCUT2D eigenvalue weighted by molar-refractivity contribution is -0.139. The van der Waals surface area contributed by atoms with Crippen LogP contribution in [-0.4, -0.2) is 9.97 Å². The molecule has 0 saturated carbocycles. The fourth-order valence-electron chi connectivity index (χ4n) is 1.98. The zero-order valence-corrected chi connectivity index (χ0v) is 14.1. The highest BCUT2D eigenvalue weighted by molar-refractivity contribution is 9.11. The first-order valence-corrected chi connectivity index (χ1v) is 8.16. The average molecular weight is 418 g/mol. The van der Waals surface area contributed by atoms with Crippen molar-refractivity contribution >= 4 is 38.1 Å². The van der Waals surface area contributed by atoms with E-state index in [1.54, 1.807) is 18.5 Å². The van der Waals surface area contributed by atoms with Crippen LogP contribution in [0.4, 0.5) is 28.4 Å². The van der Waals surface area contributed by atoms with E-state index in [4.69, 9.17) is 0 Å². The first-order chi connectivity index (χ1) is 11.3. The van der Waals surface area contributed by atoms with Crippen LogP contribution in [-0.2, 0) is 6.18 Å². The molecule has 124 valence electrons. The van der Waals surface area contributed by atoms with Crippen LogP contribution < -0.4 is 5.32 Å². The molecule has 2 heterocycles. The van der Waals surface area contributed by atoms with E-state index in [1.807, 2.05) is 6.07 Å². The highest BCUT2D eigenvalue weighted by atomic mass is 79.9. The molecular weight excluding hydrogens is 410 g/mol. The molecule has 3 aromatic rings. The summed E-state index contributed by atoms with van der Waals surface area (Å²) < 4.78 is 52.3. The number of pyridine rings is 1. The van der Waals surface area contributed by atoms with Crippen LogP contribution in [0, 0.1) is 5.82 Å². The van der Waals surface area contributed by atoms with Crippen LogP contribution in [0.3, 0.4) is 0 Å². The monoisotopic (exact) mass is 417 g/mol. The van der Waals surface area contributed by atoms with Crippen LogP contribution in [0.1, 0.15) is 5.56 Å². The third-order valence-corrected chi connectivity index (χ3v) is 4.66. The highest BCUT2D eigenvalue weighted by Gasteiger charge is 2.34. The standard InChI is InChI=1S/C15H8BrF4N3S/c16-13-12(8-2-1-5-21-7-8)23-14(24-13)22-9-3-4-11(17)10(6-9)15(18,19)20/h1-7H,(H,22,23). The topological polar surface area (TPSA) is 37.8 Å². The number of benzene rings is 1. The number of halogens is 5. The Balaban J connectivity index is 1.90. The number of thiazole rings is 1. The fraction of sp³-hybridized carbons (Fsp3) is 0.0667. The van der Waals surface area contributed by atoms with E-state index in [-0.39, 0.29) is 5.69 Å². The van der Waals surface area contributed by atoms with Crippen molar-refractivity contribution in [1.82, 2.24) is 9.97 Å². The van der Waals surface area contributed by atoms with Gasteiger partial charge in [0.05, 0.1) is 15.0 Å². The first kappa shape index (κ1) is 16.8. The minimum absolute atomic E-state index is 0.0997. The minimum atomic E-state index is -4.76. The minimum Gasteiger partial charge on any atom is -0.331 e. The van der Waals surface area contributed by atoms with Gasteiger partial charge in [0.2, 0.25) is 0 Å². The second kappa shape index (κ2) is 6.48. The molecule has 1 aromatic carbocycles. The van der Waals surface area contributed by atoms with Crippen LogP contribution in [0.2, 0.25) is 0 Å². The molecule has 24 heavy (non-hydrogen) atoms. The van der Waals surface area contributed by atoms with Gasteiger partial charge in [-0.3, -0.25) is 4.98 Å². The Labute approximate surface area is 146 Å². The summed E-state index contributed by atoms with van der Waals surface area (Å²) in [5, 5.41) is 3.14. The molecule has 1 N–H and O–H groups in total. The lowest BCUT2D eigenvalue weighted by Crippen LogP contribution is -2.08. The van der Waals surface area contributed by atoms with Gasteiger partial charge >= 0.3 is 6.18 Å². The molecule has 0 aliphatic rings. The number of nitrogens with zero attached hydrogens (tertiary/aromatic N) is 2. The van der Waals surface area contributed by atoms with Crippen molar-refractivity contribution in [2.24, 2.45) is 0 Å². The van der Waals surface area contributed by atoms with E-state index in [0.29, 0.717) is 20.7 Å². The second-order valence-corrected chi connectivity index (χ2v) is 7.02. The maximum absolute atomic E-state index is 13.3. The fourth-order valence-corrected chi connectivity index (χ4v) is 3.49. The lowest BCUT2D eigenvalue weighted by Gasteiger charge is -2.10. The number of nitrogens with one attached hydrogen (secondary N) is 1. The normalized spacial score (nSPS) is 11.5. The smallest absolute Gasteiger partial charge is 0.331 e. The maximum Gasteiger partial charge on any atom is 0.419 e. The number of aromatic nitrogens is 2. The lowest BCUT2D eigenvalue weighted by atomic mass is 10.2. The summed E-state index contributed by atoms with van der Waals surface area (Å²) in [5.41, 5.74) is 0.163. The van der Waals surface area contributed by atoms with Crippen molar-refractivity contribution in [1.29, 1.82) is 0 Å². The highest BCUT2D eigenvalue weighted by Crippen LogP contribution is 2.38. The summed E-state index contributed by atoms with van der Waals surface area (Å²) in [6.07, 6.45) is -1.50. The van der Waals surface area contributed by atoms with Crippen molar-refractivity contribution in [2.45, 2.75) is 6.18 Å².